The molecule has 158 valence electrons. The summed E-state index contributed by atoms with van der Waals surface area (Å²) in [5.41, 5.74) is 11.6. The fourth-order valence-electron chi connectivity index (χ4n) is 2.57. The summed E-state index contributed by atoms with van der Waals surface area (Å²) in [4.78, 5) is 49.8. The molecule has 30 heavy (non-hydrogen) atoms. The lowest BCUT2D eigenvalue weighted by Crippen LogP contribution is -2.60. The largest absolute Gasteiger partial charge is 0.480 e. The lowest BCUT2D eigenvalue weighted by atomic mass is 9.83. The van der Waals surface area contributed by atoms with Gasteiger partial charge in [0.05, 0.1) is 0 Å². The number of hydrogen-bond donors (Lipinski definition) is 4. The van der Waals surface area contributed by atoms with Gasteiger partial charge in [-0.05, 0) is 0 Å². The zero-order valence-electron chi connectivity index (χ0n) is 15.6. The molecule has 6 N–H and O–H groups in total. The summed E-state index contributed by atoms with van der Waals surface area (Å²) in [6.07, 6.45) is 0. The third kappa shape index (κ3) is 5.08. The van der Waals surface area contributed by atoms with Gasteiger partial charge in [-0.1, -0.05) is 82.3 Å². The molecule has 0 amide bonds. The summed E-state index contributed by atoms with van der Waals surface area (Å²) in [6.45, 7) is 0. The van der Waals surface area contributed by atoms with E-state index in [0.717, 1.165) is 10.8 Å². The number of ketones is 2. The number of Topliss-reactive ketones (excluding diaryl/α,β-unsaturated/α-hetero) is 2. The molecule has 10 heteroatoms. The van der Waals surface area contributed by atoms with Gasteiger partial charge >= 0.3 is 11.9 Å². The standard InChI is InChI=1S/C20H20N2O6S2/c21-14(18(25)26)11-29-30-20(15(22)19(27)28,16(23)12-7-3-1-4-8-12)17(24)13-9-5-2-6-10-13/h1-10,14-15H,11,21-22H2,(H,25,26)(H,27,28). The van der Waals surface area contributed by atoms with Gasteiger partial charge in [0.2, 0.25) is 0 Å². The van der Waals surface area contributed by atoms with E-state index < -0.39 is 40.3 Å². The highest BCUT2D eigenvalue weighted by molar-refractivity contribution is 8.77. The van der Waals surface area contributed by atoms with Crippen molar-refractivity contribution in [3.05, 3.63) is 71.8 Å². The Kier molecular flexibility index (Phi) is 8.18. The fourth-order valence-corrected chi connectivity index (χ4v) is 5.67. The fraction of sp³-hybridized carbons (Fsp3) is 0.200. The molecule has 2 unspecified atom stereocenters. The first-order valence-electron chi connectivity index (χ1n) is 8.69. The maximum Gasteiger partial charge on any atom is 0.322 e. The predicted molar refractivity (Wildman–Crippen MR) is 116 cm³/mol. The highest BCUT2D eigenvalue weighted by atomic mass is 33.1. The number of aliphatic carboxylic acids is 2. The van der Waals surface area contributed by atoms with Crippen LogP contribution in [0.5, 0.6) is 0 Å². The van der Waals surface area contributed by atoms with E-state index >= 15 is 0 Å². The maximum absolute atomic E-state index is 13.5. The number of carbonyl (C=O) groups excluding carboxylic acids is 2. The minimum absolute atomic E-state index is 0.106. The van der Waals surface area contributed by atoms with Crippen molar-refractivity contribution in [2.24, 2.45) is 11.5 Å². The van der Waals surface area contributed by atoms with Crippen LogP contribution in [-0.4, -0.2) is 56.3 Å². The average Bonchev–Trinajstić information content (AvgIpc) is 2.76. The van der Waals surface area contributed by atoms with Crippen molar-refractivity contribution in [2.45, 2.75) is 16.8 Å². The number of hydrogen-bond acceptors (Lipinski definition) is 8. The number of benzene rings is 2. The first-order valence-corrected chi connectivity index (χ1v) is 11.0. The van der Waals surface area contributed by atoms with E-state index in [9.17, 15) is 24.3 Å². The van der Waals surface area contributed by atoms with Gasteiger partial charge in [0.25, 0.3) is 0 Å². The number of carboxylic acids is 2. The minimum atomic E-state index is -2.24. The summed E-state index contributed by atoms with van der Waals surface area (Å²) in [7, 11) is 1.44. The molecule has 0 spiro atoms. The van der Waals surface area contributed by atoms with Gasteiger partial charge < -0.3 is 21.7 Å². The van der Waals surface area contributed by atoms with Crippen LogP contribution in [-0.2, 0) is 9.59 Å². The van der Waals surface area contributed by atoms with Crippen LogP contribution >= 0.6 is 21.6 Å². The molecule has 2 atom stereocenters. The van der Waals surface area contributed by atoms with Crippen LogP contribution in [0.1, 0.15) is 20.7 Å². The Hall–Kier alpha value is -2.66. The van der Waals surface area contributed by atoms with E-state index in [2.05, 4.69) is 0 Å². The summed E-state index contributed by atoms with van der Waals surface area (Å²) in [5.74, 6) is -4.54. The molecule has 0 saturated carbocycles. The molecule has 0 aliphatic heterocycles. The van der Waals surface area contributed by atoms with E-state index in [1.54, 1.807) is 36.4 Å². The normalized spacial score (nSPS) is 13.3. The molecular weight excluding hydrogens is 428 g/mol. The van der Waals surface area contributed by atoms with Crippen LogP contribution in [0, 0.1) is 0 Å². The predicted octanol–water partition coefficient (Wildman–Crippen LogP) is 1.70. The van der Waals surface area contributed by atoms with Gasteiger partial charge in [-0.15, -0.1) is 0 Å². The molecule has 0 radical (unpaired) electrons. The molecule has 0 aliphatic carbocycles. The van der Waals surface area contributed by atoms with Gasteiger partial charge in [0.15, 0.2) is 16.3 Å². The molecule has 0 aliphatic rings. The minimum Gasteiger partial charge on any atom is -0.480 e. The van der Waals surface area contributed by atoms with Crippen molar-refractivity contribution in [2.75, 3.05) is 5.75 Å². The highest BCUT2D eigenvalue weighted by Crippen LogP contribution is 2.43. The molecule has 2 aromatic carbocycles. The van der Waals surface area contributed by atoms with Crippen molar-refractivity contribution in [3.63, 3.8) is 0 Å². The Balaban J connectivity index is 2.58. The quantitative estimate of drug-likeness (QED) is 0.226. The molecule has 0 fully saturated rings. The summed E-state index contributed by atoms with van der Waals surface area (Å²) in [6, 6.07) is 12.3. The lowest BCUT2D eigenvalue weighted by molar-refractivity contribution is -0.139. The zero-order chi connectivity index (χ0) is 22.3. The molecular formula is C20H20N2O6S2. The van der Waals surface area contributed by atoms with E-state index in [0.29, 0.717) is 10.8 Å². The molecule has 2 rings (SSSR count). The highest BCUT2D eigenvalue weighted by Gasteiger charge is 2.55. The van der Waals surface area contributed by atoms with Crippen molar-refractivity contribution in [3.8, 4) is 0 Å². The summed E-state index contributed by atoms with van der Waals surface area (Å²) >= 11 is 0. The van der Waals surface area contributed by atoms with Crippen molar-refractivity contribution in [1.82, 2.24) is 0 Å². The zero-order valence-corrected chi connectivity index (χ0v) is 17.3. The Morgan fingerprint density at radius 2 is 1.23 bits per heavy atom. The topological polar surface area (TPSA) is 161 Å². The molecule has 2 aromatic rings. The van der Waals surface area contributed by atoms with E-state index in [1.165, 1.54) is 24.3 Å². The molecule has 8 nitrogen and oxygen atoms in total. The second kappa shape index (κ2) is 10.4. The molecule has 0 aromatic heterocycles. The third-order valence-corrected chi connectivity index (χ3v) is 7.26. The Morgan fingerprint density at radius 3 is 1.60 bits per heavy atom. The van der Waals surface area contributed by atoms with E-state index in [1.807, 2.05) is 0 Å². The Bertz CT molecular complexity index is 872. The first kappa shape index (κ1) is 23.6. The Labute approximate surface area is 180 Å². The van der Waals surface area contributed by atoms with Crippen LogP contribution in [0.15, 0.2) is 60.7 Å². The maximum atomic E-state index is 13.5. The molecule has 0 saturated heterocycles. The molecule has 0 bridgehead atoms. The third-order valence-electron chi connectivity index (χ3n) is 4.21. The van der Waals surface area contributed by atoms with Gasteiger partial charge in [0, 0.05) is 16.9 Å². The van der Waals surface area contributed by atoms with Gasteiger partial charge in [0.1, 0.15) is 12.1 Å². The van der Waals surface area contributed by atoms with Gasteiger partial charge in [-0.3, -0.25) is 19.2 Å². The average molecular weight is 449 g/mol. The first-order chi connectivity index (χ1) is 14.2. The van der Waals surface area contributed by atoms with Crippen LogP contribution in [0.25, 0.3) is 0 Å². The molecule has 0 heterocycles. The van der Waals surface area contributed by atoms with Crippen molar-refractivity contribution < 1.29 is 29.4 Å². The SMILES string of the molecule is NC(CSSC(C(=O)c1ccccc1)(C(=O)c1ccccc1)C(N)C(=O)O)C(=O)O. The van der Waals surface area contributed by atoms with Crippen LogP contribution in [0.2, 0.25) is 0 Å². The summed E-state index contributed by atoms with van der Waals surface area (Å²) < 4.78 is -2.24. The van der Waals surface area contributed by atoms with Gasteiger partial charge in [-0.25, -0.2) is 0 Å². The van der Waals surface area contributed by atoms with E-state index in [4.69, 9.17) is 16.6 Å². The number of nitrogens with two attached hydrogens (primary N) is 2. The van der Waals surface area contributed by atoms with Crippen LogP contribution in [0.3, 0.4) is 0 Å². The van der Waals surface area contributed by atoms with Gasteiger partial charge in [-0.2, -0.15) is 0 Å². The van der Waals surface area contributed by atoms with Crippen LogP contribution < -0.4 is 11.5 Å². The van der Waals surface area contributed by atoms with Crippen molar-refractivity contribution >= 4 is 45.1 Å². The monoisotopic (exact) mass is 448 g/mol. The second-order valence-corrected chi connectivity index (χ2v) is 8.84. The second-order valence-electron chi connectivity index (χ2n) is 6.25. The summed E-state index contributed by atoms with van der Waals surface area (Å²) in [5, 5.41) is 18.6. The smallest absolute Gasteiger partial charge is 0.322 e. The van der Waals surface area contributed by atoms with Crippen LogP contribution in [0.4, 0.5) is 0 Å². The Morgan fingerprint density at radius 1 is 0.800 bits per heavy atom. The number of carbonyl (C=O) groups is 4. The number of rotatable bonds is 11. The number of carboxylic acid groups (broad SMARTS) is 2. The lowest BCUT2D eigenvalue weighted by Gasteiger charge is -2.33. The van der Waals surface area contributed by atoms with Crippen molar-refractivity contribution in [1.29, 1.82) is 0 Å². The van der Waals surface area contributed by atoms with E-state index in [-0.39, 0.29) is 16.9 Å².